The van der Waals surface area contributed by atoms with E-state index in [0.29, 0.717) is 0 Å². The van der Waals surface area contributed by atoms with Gasteiger partial charge in [0.1, 0.15) is 36.6 Å². The van der Waals surface area contributed by atoms with E-state index >= 15 is 0 Å². The topological polar surface area (TPSA) is 221 Å². The van der Waals surface area contributed by atoms with Crippen LogP contribution in [-0.2, 0) is 9.47 Å². The van der Waals surface area contributed by atoms with Crippen LogP contribution in [0.15, 0.2) is 0 Å². The summed E-state index contributed by atoms with van der Waals surface area (Å²) in [5, 5.41) is 89.9. The molecule has 0 bridgehead atoms. The minimum atomic E-state index is -2.17. The highest BCUT2D eigenvalue weighted by molar-refractivity contribution is 4.91. The SMILES string of the molecule is OC[C@]1(O)OC[C@@H](O)[C@@H](O)[C@@H]1O.OC[C@]1(O)OC[C@@H](O)[C@@H](O)[C@@H]1O. The lowest BCUT2D eigenvalue weighted by Crippen LogP contribution is -2.62. The number of aliphatic hydroxyl groups is 10. The van der Waals surface area contributed by atoms with Gasteiger partial charge in [0.05, 0.1) is 26.4 Å². The van der Waals surface area contributed by atoms with Crippen LogP contribution in [0.4, 0.5) is 0 Å². The van der Waals surface area contributed by atoms with Crippen LogP contribution < -0.4 is 0 Å². The fourth-order valence-electron chi connectivity index (χ4n) is 2.06. The van der Waals surface area contributed by atoms with Gasteiger partial charge in [-0.05, 0) is 0 Å². The normalized spacial score (nSPS) is 49.2. The highest BCUT2D eigenvalue weighted by Gasteiger charge is 2.48. The fourth-order valence-corrected chi connectivity index (χ4v) is 2.06. The zero-order chi connectivity index (χ0) is 18.7. The van der Waals surface area contributed by atoms with Crippen LogP contribution in [0.2, 0.25) is 0 Å². The van der Waals surface area contributed by atoms with Crippen LogP contribution in [0, 0.1) is 0 Å². The van der Waals surface area contributed by atoms with E-state index in [1.54, 1.807) is 0 Å². The molecule has 10 N–H and O–H groups in total. The first kappa shape index (κ1) is 21.6. The van der Waals surface area contributed by atoms with Crippen LogP contribution >= 0.6 is 0 Å². The van der Waals surface area contributed by atoms with E-state index in [4.69, 9.17) is 40.9 Å². The third-order valence-electron chi connectivity index (χ3n) is 3.82. The average Bonchev–Trinajstić information content (AvgIpc) is 2.59. The monoisotopic (exact) mass is 360 g/mol. The van der Waals surface area contributed by atoms with Gasteiger partial charge in [-0.2, -0.15) is 0 Å². The van der Waals surface area contributed by atoms with E-state index in [9.17, 15) is 10.2 Å². The van der Waals surface area contributed by atoms with Gasteiger partial charge in [-0.3, -0.25) is 0 Å². The van der Waals surface area contributed by atoms with E-state index in [1.165, 1.54) is 0 Å². The molecule has 0 radical (unpaired) electrons. The molecule has 0 unspecified atom stereocenters. The van der Waals surface area contributed by atoms with E-state index < -0.39 is 61.4 Å². The second-order valence-electron chi connectivity index (χ2n) is 5.63. The highest BCUT2D eigenvalue weighted by atomic mass is 16.7. The summed E-state index contributed by atoms with van der Waals surface area (Å²) in [5.74, 6) is -4.34. The summed E-state index contributed by atoms with van der Waals surface area (Å²) >= 11 is 0. The zero-order valence-corrected chi connectivity index (χ0v) is 12.6. The van der Waals surface area contributed by atoms with Gasteiger partial charge in [0.15, 0.2) is 0 Å². The van der Waals surface area contributed by atoms with Gasteiger partial charge in [-0.1, -0.05) is 0 Å². The lowest BCUT2D eigenvalue weighted by molar-refractivity contribution is -0.331. The Morgan fingerprint density at radius 2 is 0.958 bits per heavy atom. The summed E-state index contributed by atoms with van der Waals surface area (Å²) in [6.45, 7) is -2.32. The molecule has 2 saturated heterocycles. The first-order chi connectivity index (χ1) is 11.0. The lowest BCUT2D eigenvalue weighted by atomic mass is 9.98. The fraction of sp³-hybridized carbons (Fsp3) is 1.00. The van der Waals surface area contributed by atoms with Crippen LogP contribution in [-0.4, -0.2) is 126 Å². The van der Waals surface area contributed by atoms with E-state index in [2.05, 4.69) is 9.47 Å². The van der Waals surface area contributed by atoms with Crippen molar-refractivity contribution < 1.29 is 60.5 Å². The third kappa shape index (κ3) is 4.37. The maximum Gasteiger partial charge on any atom is 0.218 e. The molecule has 0 spiro atoms. The molecule has 12 heteroatoms. The van der Waals surface area contributed by atoms with Crippen LogP contribution in [0.5, 0.6) is 0 Å². The first-order valence-corrected chi connectivity index (χ1v) is 7.05. The molecule has 8 atom stereocenters. The van der Waals surface area contributed by atoms with Crippen molar-refractivity contribution in [2.75, 3.05) is 26.4 Å². The smallest absolute Gasteiger partial charge is 0.218 e. The molecule has 24 heavy (non-hydrogen) atoms. The van der Waals surface area contributed by atoms with E-state index in [-0.39, 0.29) is 13.2 Å². The lowest BCUT2D eigenvalue weighted by Gasteiger charge is -2.40. The Bertz CT molecular complexity index is 360. The van der Waals surface area contributed by atoms with Crippen molar-refractivity contribution in [2.24, 2.45) is 0 Å². The molecular formula is C12H24O12. The van der Waals surface area contributed by atoms with Gasteiger partial charge in [0.2, 0.25) is 11.6 Å². The van der Waals surface area contributed by atoms with Crippen molar-refractivity contribution in [2.45, 2.75) is 48.2 Å². The van der Waals surface area contributed by atoms with Gasteiger partial charge in [0.25, 0.3) is 0 Å². The maximum absolute atomic E-state index is 9.24. The molecule has 0 aromatic rings. The van der Waals surface area contributed by atoms with Crippen molar-refractivity contribution in [1.82, 2.24) is 0 Å². The molecule has 2 rings (SSSR count). The van der Waals surface area contributed by atoms with Crippen molar-refractivity contribution in [3.63, 3.8) is 0 Å². The van der Waals surface area contributed by atoms with Gasteiger partial charge >= 0.3 is 0 Å². The van der Waals surface area contributed by atoms with Gasteiger partial charge < -0.3 is 60.5 Å². The summed E-state index contributed by atoms with van der Waals surface area (Å²) in [7, 11) is 0. The summed E-state index contributed by atoms with van der Waals surface area (Å²) in [6.07, 6.45) is -8.90. The first-order valence-electron chi connectivity index (χ1n) is 7.05. The molecule has 2 fully saturated rings. The third-order valence-corrected chi connectivity index (χ3v) is 3.82. The maximum atomic E-state index is 9.24. The molecule has 2 aliphatic heterocycles. The molecule has 2 heterocycles. The summed E-state index contributed by atoms with van der Waals surface area (Å²) in [5.41, 5.74) is 0. The zero-order valence-electron chi connectivity index (χ0n) is 12.6. The van der Waals surface area contributed by atoms with Crippen LogP contribution in [0.1, 0.15) is 0 Å². The largest absolute Gasteiger partial charge is 0.391 e. The van der Waals surface area contributed by atoms with Gasteiger partial charge in [0, 0.05) is 0 Å². The van der Waals surface area contributed by atoms with Crippen LogP contribution in [0.3, 0.4) is 0 Å². The predicted octanol–water partition coefficient (Wildman–Crippen LogP) is -6.44. The molecular weight excluding hydrogens is 336 g/mol. The molecule has 0 amide bonds. The van der Waals surface area contributed by atoms with Crippen LogP contribution in [0.25, 0.3) is 0 Å². The van der Waals surface area contributed by atoms with E-state index in [0.717, 1.165) is 0 Å². The Morgan fingerprint density at radius 3 is 1.21 bits per heavy atom. The molecule has 0 aromatic heterocycles. The van der Waals surface area contributed by atoms with Crippen molar-refractivity contribution >= 4 is 0 Å². The minimum absolute atomic E-state index is 0.324. The van der Waals surface area contributed by atoms with Crippen molar-refractivity contribution in [1.29, 1.82) is 0 Å². The Kier molecular flexibility index (Phi) is 7.43. The summed E-state index contributed by atoms with van der Waals surface area (Å²) < 4.78 is 9.11. The molecule has 12 nitrogen and oxygen atoms in total. The van der Waals surface area contributed by atoms with Crippen molar-refractivity contribution in [3.8, 4) is 0 Å². The minimum Gasteiger partial charge on any atom is -0.391 e. The average molecular weight is 360 g/mol. The second-order valence-corrected chi connectivity index (χ2v) is 5.63. The molecule has 0 saturated carbocycles. The standard InChI is InChI=1S/2C6H12O6/c2*7-2-6(11)5(10)4(9)3(8)1-12-6/h2*3-5,7-11H,1-2H2/t2*3-,4-,5+,6+/m11/s1. The molecule has 144 valence electrons. The number of hydrogen-bond acceptors (Lipinski definition) is 12. The Morgan fingerprint density at radius 1 is 0.667 bits per heavy atom. The van der Waals surface area contributed by atoms with Gasteiger partial charge in [-0.25, -0.2) is 0 Å². The summed E-state index contributed by atoms with van der Waals surface area (Å²) in [6, 6.07) is 0. The Hall–Kier alpha value is -0.480. The number of ether oxygens (including phenoxy) is 2. The highest BCUT2D eigenvalue weighted by Crippen LogP contribution is 2.23. The second kappa shape index (κ2) is 8.27. The van der Waals surface area contributed by atoms with E-state index in [1.807, 2.05) is 0 Å². The number of hydrogen-bond donors (Lipinski definition) is 10. The number of rotatable bonds is 2. The Balaban J connectivity index is 0.000000240. The molecule has 2 aliphatic rings. The summed E-state index contributed by atoms with van der Waals surface area (Å²) in [4.78, 5) is 0. The predicted molar refractivity (Wildman–Crippen MR) is 72.0 cm³/mol. The van der Waals surface area contributed by atoms with Crippen molar-refractivity contribution in [3.05, 3.63) is 0 Å². The number of aliphatic hydroxyl groups excluding tert-OH is 8. The Labute approximate surface area is 136 Å². The molecule has 0 aromatic carbocycles. The van der Waals surface area contributed by atoms with Gasteiger partial charge in [-0.15, -0.1) is 0 Å². The quantitative estimate of drug-likeness (QED) is 0.222. The molecule has 0 aliphatic carbocycles.